The van der Waals surface area contributed by atoms with Gasteiger partial charge in [0.15, 0.2) is 22.6 Å². The van der Waals surface area contributed by atoms with Crippen LogP contribution in [0.25, 0.3) is 89.2 Å². The predicted octanol–water partition coefficient (Wildman–Crippen LogP) is 14.7. The number of aromatic nitrogens is 16. The molecule has 8 aromatic heterocycles. The van der Waals surface area contributed by atoms with Crippen molar-refractivity contribution in [2.24, 2.45) is 0 Å². The lowest BCUT2D eigenvalue weighted by molar-refractivity contribution is -0.125. The smallest absolute Gasteiger partial charge is 0.298 e. The van der Waals surface area contributed by atoms with Crippen molar-refractivity contribution in [2.45, 2.75) is 49.9 Å². The number of carbonyl (C=O) groups excluding carboxylic acids is 4. The van der Waals surface area contributed by atoms with E-state index in [4.69, 9.17) is 73.4 Å². The third kappa shape index (κ3) is 20.6. The van der Waals surface area contributed by atoms with Crippen molar-refractivity contribution in [1.29, 1.82) is 0 Å². The summed E-state index contributed by atoms with van der Waals surface area (Å²) in [7, 11) is 5.54. The Morgan fingerprint density at radius 3 is 0.904 bits per heavy atom. The zero-order valence-corrected chi connectivity index (χ0v) is 74.3. The summed E-state index contributed by atoms with van der Waals surface area (Å²) in [4.78, 5) is 92.8. The zero-order valence-electron chi connectivity index (χ0n) is 74.3. The predicted molar refractivity (Wildman–Crippen MR) is 515 cm³/mol. The number of ether oxygens (including phenoxy) is 5. The molecule has 4 atom stereocenters. The maximum atomic E-state index is 12.6. The number of benzene rings is 8. The maximum absolute atomic E-state index is 12.6. The van der Waals surface area contributed by atoms with Crippen LogP contribution in [0.5, 0.6) is 46.0 Å². The molecule has 4 aliphatic rings. The van der Waals surface area contributed by atoms with Crippen molar-refractivity contribution in [2.75, 3.05) is 110 Å². The first-order valence-electron chi connectivity index (χ1n) is 43.9. The van der Waals surface area contributed by atoms with Crippen LogP contribution in [-0.2, 0) is 23.9 Å². The molecule has 0 bridgehead atoms. The highest BCUT2D eigenvalue weighted by Crippen LogP contribution is 2.42. The summed E-state index contributed by atoms with van der Waals surface area (Å²) in [6.07, 6.45) is 22.3. The highest BCUT2D eigenvalue weighted by molar-refractivity contribution is 6.02. The van der Waals surface area contributed by atoms with E-state index in [0.29, 0.717) is 155 Å². The number of nitrogens with zero attached hydrogens (tertiary/aromatic N) is 21. The Hall–Kier alpha value is -17.1. The third-order valence-corrected chi connectivity index (χ3v) is 23.3. The Bertz CT molecular complexity index is 7020. The standard InChI is InChI=1S/C27H29N7O2.C26H26N6O3.C24H22N6O2.C24H20N6O2/c1-32(2)15-6-9-23(35)33-16-14-20(17-33)34-27-24(26(28)29-18-30-27)25(31-34)19-10-12-22(13-11-19)36-21-7-4-3-5-8-21;1-34-15-5-8-22(33)31-14-13-19(16-31)32-26-23(25(27)28-17-29-26)24(30-32)18-9-11-21(12-10-18)35-20-6-3-2-4-7-20;2*1-2-20(31)29-13-12-17(14-29)30-24-21(23(25)26-15-27-24)22(28-30)16-8-10-19(11-9-16)32-18-6-4-3-5-7-18/h3-13,18,20H,14-17H2,1-2H3,(H2,28,29,30);2-12,17,19H,13-16H2,1H3,(H2,27,28,29);2-11,15,17H,1,12-14H2,(H2,25,26,27);1,3-11,15,17H,12-14H2,(H2,25,26,27)/b9-6+;8-5+;;. The molecule has 8 N–H and O–H groups in total. The number of nitrogens with two attached hydrogens (primary N) is 4. The lowest BCUT2D eigenvalue weighted by atomic mass is 10.1. The number of nitrogen functional groups attached to an aromatic ring is 4. The molecule has 34 nitrogen and oxygen atoms in total. The van der Waals surface area contributed by atoms with E-state index in [1.165, 1.54) is 31.4 Å². The fourth-order valence-electron chi connectivity index (χ4n) is 16.6. The van der Waals surface area contributed by atoms with Gasteiger partial charge in [-0.15, -0.1) is 6.42 Å². The molecule has 16 aromatic rings. The number of terminal acetylenes is 1. The SMILES string of the molecule is C#CC(=O)N1CCC(n2nc(-c3ccc(Oc4ccccc4)cc3)c3c(N)ncnc32)C1.C=CC(=O)N1CCC(n2nc(-c3ccc(Oc4ccccc4)cc3)c3c(N)ncnc32)C1.CN(C)C/C=C/C(=O)N1CCC(n2nc(-c3ccc(Oc4ccccc4)cc3)c3c(N)ncnc32)C1.COC/C=C/C(=O)N1CCC(n2nc(-c3ccc(Oc4ccccc4)cc3)c3c(N)ncnc32)C1. The Morgan fingerprint density at radius 1 is 0.378 bits per heavy atom. The van der Waals surface area contributed by atoms with Crippen molar-refractivity contribution in [3.8, 4) is 103 Å². The molecule has 4 fully saturated rings. The average Bonchev–Trinajstić information content (AvgIpc) is 1.62. The summed E-state index contributed by atoms with van der Waals surface area (Å²) < 4.78 is 36.1. The van der Waals surface area contributed by atoms with Gasteiger partial charge in [-0.1, -0.05) is 91.5 Å². The van der Waals surface area contributed by atoms with Crippen LogP contribution in [0, 0.1) is 12.3 Å². The van der Waals surface area contributed by atoms with Crippen LogP contribution in [0.2, 0.25) is 0 Å². The second-order valence-corrected chi connectivity index (χ2v) is 32.5. The van der Waals surface area contributed by atoms with Crippen LogP contribution in [0.1, 0.15) is 49.9 Å². The zero-order chi connectivity index (χ0) is 93.4. The van der Waals surface area contributed by atoms with Crippen LogP contribution < -0.4 is 41.9 Å². The number of methoxy groups -OCH3 is 1. The summed E-state index contributed by atoms with van der Waals surface area (Å²) in [5, 5.41) is 22.3. The number of anilines is 4. The first kappa shape index (κ1) is 89.9. The summed E-state index contributed by atoms with van der Waals surface area (Å²) >= 11 is 0. The van der Waals surface area contributed by atoms with Gasteiger partial charge in [0.1, 0.15) is 117 Å². The molecular formula is C101H97N25O9. The number of likely N-dealkylation sites (tertiary alicyclic amines) is 4. The summed E-state index contributed by atoms with van der Waals surface area (Å²) in [6, 6.07) is 69.1. The van der Waals surface area contributed by atoms with Gasteiger partial charge in [0.25, 0.3) is 5.91 Å². The molecule has 0 spiro atoms. The van der Waals surface area contributed by atoms with Crippen LogP contribution in [0.4, 0.5) is 23.3 Å². The first-order valence-corrected chi connectivity index (χ1v) is 43.9. The summed E-state index contributed by atoms with van der Waals surface area (Å²) in [6.45, 7) is 9.38. The van der Waals surface area contributed by atoms with Crippen molar-refractivity contribution in [3.05, 3.63) is 281 Å². The van der Waals surface area contributed by atoms with Crippen LogP contribution in [0.15, 0.2) is 281 Å². The second kappa shape index (κ2) is 41.4. The van der Waals surface area contributed by atoms with E-state index >= 15 is 0 Å². The minimum absolute atomic E-state index is 0.00226. The number of hydrogen-bond donors (Lipinski definition) is 4. The summed E-state index contributed by atoms with van der Waals surface area (Å²) in [5.41, 5.74) is 33.9. The first-order chi connectivity index (χ1) is 65.9. The van der Waals surface area contributed by atoms with Crippen molar-refractivity contribution < 1.29 is 42.9 Å². The average molecular weight is 1810 g/mol. The van der Waals surface area contributed by atoms with Gasteiger partial charge in [-0.2, -0.15) is 20.4 Å². The third-order valence-electron chi connectivity index (χ3n) is 23.3. The largest absolute Gasteiger partial charge is 0.457 e. The molecule has 680 valence electrons. The molecule has 4 unspecified atom stereocenters. The Morgan fingerprint density at radius 2 is 0.637 bits per heavy atom. The minimum Gasteiger partial charge on any atom is -0.457 e. The van der Waals surface area contributed by atoms with Gasteiger partial charge in [-0.25, -0.2) is 58.6 Å². The molecule has 0 aliphatic carbocycles. The van der Waals surface area contributed by atoms with E-state index in [9.17, 15) is 19.2 Å². The molecule has 12 heterocycles. The highest BCUT2D eigenvalue weighted by atomic mass is 16.5. The van der Waals surface area contributed by atoms with E-state index in [-0.39, 0.29) is 47.8 Å². The van der Waals surface area contributed by atoms with Gasteiger partial charge < -0.3 is 71.1 Å². The molecule has 4 saturated heterocycles. The Kier molecular flexibility index (Phi) is 27.5. The van der Waals surface area contributed by atoms with E-state index in [1.807, 2.05) is 272 Å². The fraction of sp³-hybridized carbons (Fsp3) is 0.208. The quantitative estimate of drug-likeness (QED) is 0.0341. The van der Waals surface area contributed by atoms with Crippen molar-refractivity contribution in [1.82, 2.24) is 103 Å². The number of fused-ring (bicyclic) bond motifs is 4. The van der Waals surface area contributed by atoms with Gasteiger partial charge in [0, 0.05) is 100 Å². The molecule has 0 radical (unpaired) electrons. The lowest BCUT2D eigenvalue weighted by Gasteiger charge is -2.15. The van der Waals surface area contributed by atoms with Gasteiger partial charge in [-0.05, 0) is 197 Å². The molecule has 20 rings (SSSR count). The number of rotatable bonds is 23. The molecular weight excluding hydrogens is 1710 g/mol. The lowest BCUT2D eigenvalue weighted by Crippen LogP contribution is -2.28. The van der Waals surface area contributed by atoms with Crippen molar-refractivity contribution in [3.63, 3.8) is 0 Å². The number of para-hydroxylation sites is 4. The van der Waals surface area contributed by atoms with Gasteiger partial charge in [0.05, 0.1) is 52.3 Å². The monoisotopic (exact) mass is 1800 g/mol. The minimum atomic E-state index is -0.313. The van der Waals surface area contributed by atoms with Crippen LogP contribution in [0.3, 0.4) is 0 Å². The van der Waals surface area contributed by atoms with Gasteiger partial charge in [0.2, 0.25) is 17.7 Å². The summed E-state index contributed by atoms with van der Waals surface area (Å²) in [5.74, 6) is 9.21. The highest BCUT2D eigenvalue weighted by Gasteiger charge is 2.36. The molecule has 0 saturated carbocycles. The Labute approximate surface area is 776 Å². The maximum Gasteiger partial charge on any atom is 0.298 e. The van der Waals surface area contributed by atoms with E-state index in [2.05, 4.69) is 52.4 Å². The number of amides is 4. The topological polar surface area (TPSA) is 409 Å². The Balaban J connectivity index is 0.000000125. The molecule has 4 amide bonds. The van der Waals surface area contributed by atoms with Gasteiger partial charge in [-0.3, -0.25) is 19.2 Å². The number of likely N-dealkylation sites (N-methyl/N-ethyl adjacent to an activating group) is 1. The van der Waals surface area contributed by atoms with Gasteiger partial charge >= 0.3 is 0 Å². The fourth-order valence-corrected chi connectivity index (χ4v) is 16.6. The van der Waals surface area contributed by atoms with Crippen molar-refractivity contribution >= 4 is 91.0 Å². The van der Waals surface area contributed by atoms with E-state index in [0.717, 1.165) is 94.7 Å². The van der Waals surface area contributed by atoms with E-state index < -0.39 is 0 Å². The normalized spacial score (nSPS) is 15.8. The molecule has 34 heteroatoms. The molecule has 8 aromatic carbocycles. The van der Waals surface area contributed by atoms with E-state index in [1.54, 1.807) is 35.1 Å². The number of carbonyl (C=O) groups is 4. The van der Waals surface area contributed by atoms with Crippen LogP contribution >= 0.6 is 0 Å². The van der Waals surface area contributed by atoms with Crippen LogP contribution in [-0.4, -0.2) is 214 Å². The number of hydrogen-bond acceptors (Lipinski definition) is 26. The molecule has 135 heavy (non-hydrogen) atoms. The molecule has 4 aliphatic heterocycles. The second-order valence-electron chi connectivity index (χ2n) is 32.5.